The Morgan fingerprint density at radius 1 is 1.16 bits per heavy atom. The summed E-state index contributed by atoms with van der Waals surface area (Å²) in [5, 5.41) is 3.90. The van der Waals surface area contributed by atoms with Gasteiger partial charge in [0.05, 0.1) is 19.8 Å². The van der Waals surface area contributed by atoms with Crippen LogP contribution in [0.2, 0.25) is 0 Å². The lowest BCUT2D eigenvalue weighted by Gasteiger charge is -2.38. The van der Waals surface area contributed by atoms with E-state index < -0.39 is 5.92 Å². The summed E-state index contributed by atoms with van der Waals surface area (Å²) in [5.74, 6) is 1.98. The van der Waals surface area contributed by atoms with Gasteiger partial charge in [-0.3, -0.25) is 9.59 Å². The molecule has 1 atom stereocenters. The summed E-state index contributed by atoms with van der Waals surface area (Å²) >= 11 is 1.47. The van der Waals surface area contributed by atoms with Gasteiger partial charge in [-0.25, -0.2) is 4.98 Å². The predicted octanol–water partition coefficient (Wildman–Crippen LogP) is 4.10. The lowest BCUT2D eigenvalue weighted by molar-refractivity contribution is -0.118. The first-order valence-corrected chi connectivity index (χ1v) is 11.3. The molecule has 1 aliphatic carbocycles. The number of rotatable bonds is 5. The molecule has 0 spiro atoms. The number of allylic oxidation sites excluding steroid dienone is 2. The minimum Gasteiger partial charge on any atom is -0.493 e. The van der Waals surface area contributed by atoms with E-state index >= 15 is 0 Å². The van der Waals surface area contributed by atoms with Crippen molar-refractivity contribution in [3.8, 4) is 11.5 Å². The monoisotopic (exact) mass is 441 g/mol. The number of methoxy groups -OCH3 is 2. The second-order valence-corrected chi connectivity index (χ2v) is 9.82. The predicted molar refractivity (Wildman–Crippen MR) is 121 cm³/mol. The van der Waals surface area contributed by atoms with Crippen molar-refractivity contribution in [3.05, 3.63) is 50.9 Å². The number of nitrogens with zero attached hydrogens (tertiary/aromatic N) is 1. The number of aromatic amines is 1. The summed E-state index contributed by atoms with van der Waals surface area (Å²) in [6.45, 7) is 6.18. The quantitative estimate of drug-likeness (QED) is 0.533. The third-order valence-corrected chi connectivity index (χ3v) is 6.48. The minimum absolute atomic E-state index is 0.0515. The molecule has 8 heteroatoms. The van der Waals surface area contributed by atoms with Gasteiger partial charge in [-0.15, -0.1) is 0 Å². The van der Waals surface area contributed by atoms with Crippen molar-refractivity contribution in [2.45, 2.75) is 44.7 Å². The van der Waals surface area contributed by atoms with Crippen LogP contribution in [0.4, 0.5) is 5.82 Å². The fourth-order valence-electron chi connectivity index (χ4n) is 4.46. The van der Waals surface area contributed by atoms with Gasteiger partial charge in [-0.05, 0) is 35.3 Å². The largest absolute Gasteiger partial charge is 0.493 e. The Bertz CT molecular complexity index is 1140. The second kappa shape index (κ2) is 8.07. The van der Waals surface area contributed by atoms with E-state index in [9.17, 15) is 9.59 Å². The molecule has 2 aliphatic rings. The van der Waals surface area contributed by atoms with E-state index in [0.29, 0.717) is 46.5 Å². The normalized spacial score (nSPS) is 19.4. The van der Waals surface area contributed by atoms with Crippen molar-refractivity contribution >= 4 is 23.4 Å². The maximum Gasteiger partial charge on any atom is 0.257 e. The molecule has 2 aromatic rings. The molecule has 0 fully saturated rings. The van der Waals surface area contributed by atoms with Crippen molar-refractivity contribution in [1.29, 1.82) is 0 Å². The van der Waals surface area contributed by atoms with Crippen LogP contribution in [0.25, 0.3) is 0 Å². The van der Waals surface area contributed by atoms with Crippen LogP contribution in [0.3, 0.4) is 0 Å². The summed E-state index contributed by atoms with van der Waals surface area (Å²) in [6, 6.07) is 5.52. The van der Waals surface area contributed by atoms with Gasteiger partial charge in [-0.2, -0.15) is 0 Å². The van der Waals surface area contributed by atoms with Gasteiger partial charge in [0.15, 0.2) is 22.4 Å². The van der Waals surface area contributed by atoms with Gasteiger partial charge in [0.2, 0.25) is 0 Å². The fourth-order valence-corrected chi connectivity index (χ4v) is 5.06. The maximum absolute atomic E-state index is 13.3. The number of H-pyrrole nitrogens is 1. The maximum atomic E-state index is 13.3. The Morgan fingerprint density at radius 3 is 2.58 bits per heavy atom. The number of thioether (sulfide) groups is 1. The number of ketones is 1. The molecular weight excluding hydrogens is 414 g/mol. The van der Waals surface area contributed by atoms with Gasteiger partial charge in [0.25, 0.3) is 5.56 Å². The molecule has 0 saturated carbocycles. The van der Waals surface area contributed by atoms with Crippen molar-refractivity contribution in [3.63, 3.8) is 0 Å². The number of carbonyl (C=O) groups is 1. The molecular formula is C23H27N3O4S. The van der Waals surface area contributed by atoms with E-state index in [2.05, 4.69) is 29.1 Å². The van der Waals surface area contributed by atoms with Crippen LogP contribution in [0.15, 0.2) is 39.4 Å². The second-order valence-electron chi connectivity index (χ2n) is 8.57. The van der Waals surface area contributed by atoms with E-state index in [1.54, 1.807) is 20.3 Å². The highest BCUT2D eigenvalue weighted by Gasteiger charge is 2.42. The summed E-state index contributed by atoms with van der Waals surface area (Å²) in [5.41, 5.74) is 2.34. The summed E-state index contributed by atoms with van der Waals surface area (Å²) < 4.78 is 10.9. The first kappa shape index (κ1) is 21.5. The van der Waals surface area contributed by atoms with Crippen LogP contribution in [0.1, 0.15) is 50.7 Å². The molecule has 1 aliphatic heterocycles. The fraction of sp³-hybridized carbons (Fsp3) is 0.435. The van der Waals surface area contributed by atoms with Crippen LogP contribution in [-0.2, 0) is 4.79 Å². The molecule has 2 heterocycles. The number of benzene rings is 1. The molecule has 1 aromatic carbocycles. The smallest absolute Gasteiger partial charge is 0.257 e. The van der Waals surface area contributed by atoms with E-state index in [1.807, 2.05) is 19.1 Å². The molecule has 0 radical (unpaired) electrons. The molecule has 0 bridgehead atoms. The third-order valence-electron chi connectivity index (χ3n) is 5.72. The highest BCUT2D eigenvalue weighted by atomic mass is 32.2. The lowest BCUT2D eigenvalue weighted by atomic mass is 9.69. The molecule has 4 rings (SSSR count). The first-order valence-electron chi connectivity index (χ1n) is 10.3. The van der Waals surface area contributed by atoms with Crippen molar-refractivity contribution in [1.82, 2.24) is 9.97 Å². The number of nitrogens with one attached hydrogen (secondary N) is 2. The number of aromatic nitrogens is 2. The van der Waals surface area contributed by atoms with Gasteiger partial charge in [-0.1, -0.05) is 38.6 Å². The summed E-state index contributed by atoms with van der Waals surface area (Å²) in [6.07, 6.45) is 1.14. The standard InChI is InChI=1S/C23H27N3O4S/c1-6-31-22-25-20-19(21(28)26-22)17(12-7-8-15(29-4)16(9-12)30-5)18-13(24-20)10-23(2,3)11-14(18)27/h7-9,17H,6,10-11H2,1-5H3,(H2,24,25,26,28)/t17-/m1/s1. The lowest BCUT2D eigenvalue weighted by Crippen LogP contribution is -2.37. The van der Waals surface area contributed by atoms with Crippen molar-refractivity contribution in [2.75, 3.05) is 25.3 Å². The minimum atomic E-state index is -0.522. The van der Waals surface area contributed by atoms with E-state index in [0.717, 1.165) is 17.0 Å². The van der Waals surface area contributed by atoms with Crippen LogP contribution in [-0.4, -0.2) is 35.7 Å². The summed E-state index contributed by atoms with van der Waals surface area (Å²) in [4.78, 5) is 34.1. The molecule has 0 unspecified atom stereocenters. The average molecular weight is 442 g/mol. The van der Waals surface area contributed by atoms with Crippen LogP contribution in [0, 0.1) is 5.41 Å². The molecule has 0 saturated heterocycles. The van der Waals surface area contributed by atoms with Gasteiger partial charge < -0.3 is 19.8 Å². The number of fused-ring (bicyclic) bond motifs is 1. The Hall–Kier alpha value is -2.74. The molecule has 0 amide bonds. The number of hydrogen-bond donors (Lipinski definition) is 2. The van der Waals surface area contributed by atoms with E-state index in [4.69, 9.17) is 9.47 Å². The van der Waals surface area contributed by atoms with Crippen LogP contribution < -0.4 is 20.3 Å². The number of carbonyl (C=O) groups excluding carboxylic acids is 1. The SMILES string of the molecule is CCSc1nc2c(c(=O)[nH]1)[C@H](c1ccc(OC)c(OC)c1)C1=C(CC(C)(C)CC1=O)N2. The van der Waals surface area contributed by atoms with Crippen LogP contribution in [0.5, 0.6) is 11.5 Å². The Morgan fingerprint density at radius 2 is 1.90 bits per heavy atom. The Balaban J connectivity index is 1.96. The highest BCUT2D eigenvalue weighted by Crippen LogP contribution is 2.48. The molecule has 164 valence electrons. The Labute approximate surface area is 185 Å². The van der Waals surface area contributed by atoms with Crippen LogP contribution >= 0.6 is 11.8 Å². The molecule has 1 aromatic heterocycles. The summed E-state index contributed by atoms with van der Waals surface area (Å²) in [7, 11) is 3.14. The molecule has 31 heavy (non-hydrogen) atoms. The van der Waals surface area contributed by atoms with Crippen molar-refractivity contribution in [2.24, 2.45) is 5.41 Å². The first-order chi connectivity index (χ1) is 14.8. The average Bonchev–Trinajstić information content (AvgIpc) is 2.71. The topological polar surface area (TPSA) is 93.3 Å². The molecule has 2 N–H and O–H groups in total. The molecule has 7 nitrogen and oxygen atoms in total. The number of anilines is 1. The third kappa shape index (κ3) is 3.84. The van der Waals surface area contributed by atoms with Gasteiger partial charge in [0.1, 0.15) is 5.82 Å². The zero-order valence-electron chi connectivity index (χ0n) is 18.4. The zero-order chi connectivity index (χ0) is 22.3. The van der Waals surface area contributed by atoms with Crippen molar-refractivity contribution < 1.29 is 14.3 Å². The zero-order valence-corrected chi connectivity index (χ0v) is 19.2. The van der Waals surface area contributed by atoms with E-state index in [1.165, 1.54) is 11.8 Å². The number of Topliss-reactive ketones (excluding diaryl/α,β-unsaturated/α-hetero) is 1. The van der Waals surface area contributed by atoms with E-state index in [-0.39, 0.29) is 16.8 Å². The number of ether oxygens (including phenoxy) is 2. The number of hydrogen-bond acceptors (Lipinski definition) is 7. The highest BCUT2D eigenvalue weighted by molar-refractivity contribution is 7.99. The Kier molecular flexibility index (Phi) is 5.60. The van der Waals surface area contributed by atoms with Gasteiger partial charge in [0, 0.05) is 23.6 Å². The van der Waals surface area contributed by atoms with Gasteiger partial charge >= 0.3 is 0 Å².